The zero-order valence-corrected chi connectivity index (χ0v) is 13.1. The molecule has 3 rings (SSSR count). The van der Waals surface area contributed by atoms with Crippen molar-refractivity contribution in [3.05, 3.63) is 46.8 Å². The molecule has 1 aliphatic heterocycles. The normalized spacial score (nSPS) is 20.1. The van der Waals surface area contributed by atoms with E-state index in [2.05, 4.69) is 20.5 Å². The number of hydrogen-bond donors (Lipinski definition) is 2. The van der Waals surface area contributed by atoms with Gasteiger partial charge in [0.1, 0.15) is 5.82 Å². The second kappa shape index (κ2) is 6.45. The van der Waals surface area contributed by atoms with Crippen LogP contribution in [-0.2, 0) is 17.6 Å². The van der Waals surface area contributed by atoms with Gasteiger partial charge < -0.3 is 10.1 Å². The van der Waals surface area contributed by atoms with Crippen LogP contribution in [0.25, 0.3) is 0 Å². The number of halogens is 1. The van der Waals surface area contributed by atoms with Crippen LogP contribution in [0, 0.1) is 5.82 Å². The van der Waals surface area contributed by atoms with E-state index < -0.39 is 0 Å². The van der Waals surface area contributed by atoms with E-state index in [0.717, 1.165) is 17.0 Å². The average Bonchev–Trinajstić information content (AvgIpc) is 2.93. The molecule has 23 heavy (non-hydrogen) atoms. The molecular formula is C16H19FN4O2. The van der Waals surface area contributed by atoms with Gasteiger partial charge in [-0.2, -0.15) is 5.10 Å². The number of hydrogen-bond acceptors (Lipinski definition) is 4. The summed E-state index contributed by atoms with van der Waals surface area (Å²) < 4.78 is 18.5. The number of rotatable bonds is 4. The minimum Gasteiger partial charge on any atom is -0.369 e. The molecule has 0 saturated carbocycles. The van der Waals surface area contributed by atoms with Crippen LogP contribution in [0.3, 0.4) is 0 Å². The highest BCUT2D eigenvalue weighted by atomic mass is 19.1. The largest absolute Gasteiger partial charge is 0.369 e. The fourth-order valence-electron chi connectivity index (χ4n) is 2.80. The molecule has 3 heterocycles. The van der Waals surface area contributed by atoms with Gasteiger partial charge in [-0.15, -0.1) is 0 Å². The Bertz CT molecular complexity index is 699. The first kappa shape index (κ1) is 15.6. The third-order valence-corrected chi connectivity index (χ3v) is 3.90. The molecule has 0 spiro atoms. The molecule has 6 nitrogen and oxygen atoms in total. The zero-order chi connectivity index (χ0) is 16.4. The molecule has 7 heteroatoms. The second-order valence-corrected chi connectivity index (χ2v) is 5.73. The molecule has 0 unspecified atom stereocenters. The quantitative estimate of drug-likeness (QED) is 0.903. The van der Waals surface area contributed by atoms with Gasteiger partial charge in [0.2, 0.25) is 0 Å². The second-order valence-electron chi connectivity index (χ2n) is 5.73. The van der Waals surface area contributed by atoms with Gasteiger partial charge in [0.15, 0.2) is 5.69 Å². The van der Waals surface area contributed by atoms with Gasteiger partial charge in [0.25, 0.3) is 5.91 Å². The number of aromatic amines is 1. The smallest absolute Gasteiger partial charge is 0.272 e. The molecule has 122 valence electrons. The lowest BCUT2D eigenvalue weighted by Gasteiger charge is -2.25. The van der Waals surface area contributed by atoms with Gasteiger partial charge in [-0.05, 0) is 26.0 Å². The molecule has 2 N–H and O–H groups in total. The monoisotopic (exact) mass is 318 g/mol. The lowest BCUT2D eigenvalue weighted by atomic mass is 9.99. The summed E-state index contributed by atoms with van der Waals surface area (Å²) in [7, 11) is 0. The SMILES string of the molecule is C[C@@H]1Cc2c(C(=O)NCCc3ccc(F)cn3)n[nH]c2[C@H](C)O1. The summed E-state index contributed by atoms with van der Waals surface area (Å²) in [5, 5.41) is 9.87. The predicted molar refractivity (Wildman–Crippen MR) is 81.5 cm³/mol. The van der Waals surface area contributed by atoms with E-state index in [1.807, 2.05) is 13.8 Å². The van der Waals surface area contributed by atoms with Crippen LogP contribution in [0.4, 0.5) is 4.39 Å². The number of carbonyl (C=O) groups excluding carboxylic acids is 1. The Hall–Kier alpha value is -2.28. The molecule has 2 atom stereocenters. The minimum absolute atomic E-state index is 0.0602. The molecule has 0 saturated heterocycles. The van der Waals surface area contributed by atoms with Crippen molar-refractivity contribution >= 4 is 5.91 Å². The van der Waals surface area contributed by atoms with Crippen molar-refractivity contribution in [2.75, 3.05) is 6.54 Å². The highest BCUT2D eigenvalue weighted by Gasteiger charge is 2.29. The van der Waals surface area contributed by atoms with Crippen molar-refractivity contribution in [2.45, 2.75) is 38.9 Å². The van der Waals surface area contributed by atoms with Crippen LogP contribution < -0.4 is 5.32 Å². The molecule has 0 aliphatic carbocycles. The van der Waals surface area contributed by atoms with Crippen molar-refractivity contribution in [1.29, 1.82) is 0 Å². The van der Waals surface area contributed by atoms with Gasteiger partial charge in [-0.3, -0.25) is 14.9 Å². The van der Waals surface area contributed by atoms with Gasteiger partial charge >= 0.3 is 0 Å². The van der Waals surface area contributed by atoms with Crippen LogP contribution in [0.15, 0.2) is 18.3 Å². The van der Waals surface area contributed by atoms with Gasteiger partial charge in [-0.1, -0.05) is 0 Å². The number of pyridine rings is 1. The van der Waals surface area contributed by atoms with Crippen LogP contribution >= 0.6 is 0 Å². The fraction of sp³-hybridized carbons (Fsp3) is 0.438. The Balaban J connectivity index is 1.62. The standard InChI is InChI=1S/C16H19FN4O2/c1-9-7-13-14(10(2)23-9)20-21-15(13)16(22)18-6-5-12-4-3-11(17)8-19-12/h3-4,8-10H,5-7H2,1-2H3,(H,18,22)(H,20,21)/t9-,10+/m1/s1. The van der Waals surface area contributed by atoms with E-state index in [1.165, 1.54) is 12.3 Å². The van der Waals surface area contributed by atoms with Crippen molar-refractivity contribution in [1.82, 2.24) is 20.5 Å². The summed E-state index contributed by atoms with van der Waals surface area (Å²) in [4.78, 5) is 16.3. The highest BCUT2D eigenvalue weighted by Crippen LogP contribution is 2.29. The van der Waals surface area contributed by atoms with Gasteiger partial charge in [0, 0.05) is 30.6 Å². The maximum atomic E-state index is 12.8. The summed E-state index contributed by atoms with van der Waals surface area (Å²) in [5.74, 6) is -0.586. The number of amides is 1. The third-order valence-electron chi connectivity index (χ3n) is 3.90. The molecule has 1 amide bonds. The molecule has 0 fully saturated rings. The van der Waals surface area contributed by atoms with E-state index in [0.29, 0.717) is 25.1 Å². The van der Waals surface area contributed by atoms with E-state index in [1.54, 1.807) is 6.07 Å². The Morgan fingerprint density at radius 3 is 3.04 bits per heavy atom. The number of nitrogens with one attached hydrogen (secondary N) is 2. The topological polar surface area (TPSA) is 79.9 Å². The van der Waals surface area contributed by atoms with Gasteiger partial charge in [0.05, 0.1) is 24.1 Å². The maximum absolute atomic E-state index is 12.8. The molecule has 0 bridgehead atoms. The number of nitrogens with zero attached hydrogens (tertiary/aromatic N) is 2. The van der Waals surface area contributed by atoms with Gasteiger partial charge in [-0.25, -0.2) is 4.39 Å². The fourth-order valence-corrected chi connectivity index (χ4v) is 2.80. The van der Waals surface area contributed by atoms with Crippen molar-refractivity contribution in [3.63, 3.8) is 0 Å². The van der Waals surface area contributed by atoms with E-state index in [9.17, 15) is 9.18 Å². The molecule has 0 radical (unpaired) electrons. The van der Waals surface area contributed by atoms with E-state index in [4.69, 9.17) is 4.74 Å². The number of ether oxygens (including phenoxy) is 1. The number of aromatic nitrogens is 3. The van der Waals surface area contributed by atoms with Crippen LogP contribution in [-0.4, -0.2) is 33.7 Å². The first-order chi connectivity index (χ1) is 11.0. The van der Waals surface area contributed by atoms with Crippen LogP contribution in [0.2, 0.25) is 0 Å². The average molecular weight is 318 g/mol. The Morgan fingerprint density at radius 1 is 1.48 bits per heavy atom. The molecule has 2 aromatic heterocycles. The first-order valence-electron chi connectivity index (χ1n) is 7.66. The van der Waals surface area contributed by atoms with Crippen LogP contribution in [0.5, 0.6) is 0 Å². The predicted octanol–water partition coefficient (Wildman–Crippen LogP) is 1.94. The Kier molecular flexibility index (Phi) is 4.38. The summed E-state index contributed by atoms with van der Waals surface area (Å²) in [5.41, 5.74) is 2.95. The lowest BCUT2D eigenvalue weighted by Crippen LogP contribution is -2.29. The first-order valence-corrected chi connectivity index (χ1v) is 7.66. The lowest BCUT2D eigenvalue weighted by molar-refractivity contribution is -0.00697. The zero-order valence-electron chi connectivity index (χ0n) is 13.1. The Labute approximate surface area is 133 Å². The summed E-state index contributed by atoms with van der Waals surface area (Å²) in [6, 6.07) is 2.97. The van der Waals surface area contributed by atoms with Crippen molar-refractivity contribution < 1.29 is 13.9 Å². The highest BCUT2D eigenvalue weighted by molar-refractivity contribution is 5.94. The summed E-state index contributed by atoms with van der Waals surface area (Å²) >= 11 is 0. The van der Waals surface area contributed by atoms with Crippen molar-refractivity contribution in [3.8, 4) is 0 Å². The third kappa shape index (κ3) is 3.39. The summed E-state index contributed by atoms with van der Waals surface area (Å²) in [6.07, 6.45) is 2.34. The Morgan fingerprint density at radius 2 is 2.30 bits per heavy atom. The molecular weight excluding hydrogens is 299 g/mol. The minimum atomic E-state index is -0.369. The van der Waals surface area contributed by atoms with Crippen molar-refractivity contribution in [2.24, 2.45) is 0 Å². The molecule has 0 aromatic carbocycles. The van der Waals surface area contributed by atoms with E-state index in [-0.39, 0.29) is 23.9 Å². The molecule has 2 aromatic rings. The maximum Gasteiger partial charge on any atom is 0.272 e. The molecule has 1 aliphatic rings. The number of H-pyrrole nitrogens is 1. The number of fused-ring (bicyclic) bond motifs is 1. The van der Waals surface area contributed by atoms with E-state index >= 15 is 0 Å². The van der Waals surface area contributed by atoms with Crippen LogP contribution in [0.1, 0.15) is 47.4 Å². The summed E-state index contributed by atoms with van der Waals surface area (Å²) in [6.45, 7) is 4.34. The number of carbonyl (C=O) groups is 1.